The number of hydrogen-bond donors (Lipinski definition) is 0. The van der Waals surface area contributed by atoms with Crippen molar-refractivity contribution in [2.75, 3.05) is 0 Å². The van der Waals surface area contributed by atoms with E-state index in [0.29, 0.717) is 18.8 Å². The Kier molecular flexibility index (Phi) is 6.95. The SMILES string of the molecule is Cc1cc(O[C@@H](C)C(=O)N(Cc2ccccc2)Cc2ccccc2)cc(C)c1Cl. The number of aryl methyl sites for hydroxylation is 2. The van der Waals surface area contributed by atoms with Crippen LogP contribution in [0.25, 0.3) is 0 Å². The molecule has 0 saturated carbocycles. The van der Waals surface area contributed by atoms with E-state index in [1.54, 1.807) is 6.92 Å². The predicted molar refractivity (Wildman–Crippen MR) is 118 cm³/mol. The van der Waals surface area contributed by atoms with Crippen LogP contribution in [0.1, 0.15) is 29.2 Å². The van der Waals surface area contributed by atoms with Crippen LogP contribution < -0.4 is 4.74 Å². The second kappa shape index (κ2) is 9.62. The van der Waals surface area contributed by atoms with Crippen molar-refractivity contribution in [3.63, 3.8) is 0 Å². The van der Waals surface area contributed by atoms with Crippen LogP contribution >= 0.6 is 11.6 Å². The van der Waals surface area contributed by atoms with Gasteiger partial charge in [0.05, 0.1) is 0 Å². The van der Waals surface area contributed by atoms with Crippen molar-refractivity contribution in [3.05, 3.63) is 100 Å². The fraction of sp³-hybridized carbons (Fsp3) is 0.240. The summed E-state index contributed by atoms with van der Waals surface area (Å²) in [5.41, 5.74) is 4.04. The summed E-state index contributed by atoms with van der Waals surface area (Å²) in [5.74, 6) is 0.604. The lowest BCUT2D eigenvalue weighted by Crippen LogP contribution is -2.39. The quantitative estimate of drug-likeness (QED) is 0.484. The Balaban J connectivity index is 1.79. The van der Waals surface area contributed by atoms with Crippen molar-refractivity contribution in [1.29, 1.82) is 0 Å². The zero-order chi connectivity index (χ0) is 20.8. The summed E-state index contributed by atoms with van der Waals surface area (Å²) in [4.78, 5) is 15.1. The van der Waals surface area contributed by atoms with E-state index in [0.717, 1.165) is 27.3 Å². The average molecular weight is 408 g/mol. The van der Waals surface area contributed by atoms with Gasteiger partial charge in [0.1, 0.15) is 5.75 Å². The van der Waals surface area contributed by atoms with Gasteiger partial charge in [0.15, 0.2) is 6.10 Å². The van der Waals surface area contributed by atoms with Crippen molar-refractivity contribution in [1.82, 2.24) is 4.90 Å². The van der Waals surface area contributed by atoms with Gasteiger partial charge in [-0.3, -0.25) is 4.79 Å². The molecule has 0 N–H and O–H groups in total. The van der Waals surface area contributed by atoms with Crippen molar-refractivity contribution in [3.8, 4) is 5.75 Å². The molecule has 0 heterocycles. The van der Waals surface area contributed by atoms with E-state index in [2.05, 4.69) is 0 Å². The summed E-state index contributed by atoms with van der Waals surface area (Å²) in [5, 5.41) is 0.728. The highest BCUT2D eigenvalue weighted by Gasteiger charge is 2.23. The van der Waals surface area contributed by atoms with E-state index < -0.39 is 6.10 Å². The Bertz CT molecular complexity index is 893. The molecule has 3 nitrogen and oxygen atoms in total. The van der Waals surface area contributed by atoms with Gasteiger partial charge < -0.3 is 9.64 Å². The number of rotatable bonds is 7. The van der Waals surface area contributed by atoms with Crippen molar-refractivity contribution in [2.45, 2.75) is 40.0 Å². The molecule has 0 bridgehead atoms. The Morgan fingerprint density at radius 1 is 0.897 bits per heavy atom. The molecule has 0 fully saturated rings. The molecule has 4 heteroatoms. The number of ether oxygens (including phenoxy) is 1. The van der Waals surface area contributed by atoms with Crippen LogP contribution in [0.4, 0.5) is 0 Å². The summed E-state index contributed by atoms with van der Waals surface area (Å²) in [7, 11) is 0. The largest absolute Gasteiger partial charge is 0.481 e. The van der Waals surface area contributed by atoms with Crippen LogP contribution in [-0.2, 0) is 17.9 Å². The number of amides is 1. The van der Waals surface area contributed by atoms with E-state index in [1.807, 2.05) is 91.5 Å². The monoisotopic (exact) mass is 407 g/mol. The Morgan fingerprint density at radius 2 is 1.34 bits per heavy atom. The maximum Gasteiger partial charge on any atom is 0.263 e. The van der Waals surface area contributed by atoms with Crippen molar-refractivity contribution < 1.29 is 9.53 Å². The summed E-state index contributed by atoms with van der Waals surface area (Å²) in [6.45, 7) is 6.73. The fourth-order valence-corrected chi connectivity index (χ4v) is 3.41. The first-order valence-electron chi connectivity index (χ1n) is 9.74. The lowest BCUT2D eigenvalue weighted by molar-refractivity contribution is -0.139. The van der Waals surface area contributed by atoms with Gasteiger partial charge in [0.25, 0.3) is 5.91 Å². The number of benzene rings is 3. The first-order chi connectivity index (χ1) is 13.9. The molecule has 29 heavy (non-hydrogen) atoms. The summed E-state index contributed by atoms with van der Waals surface area (Å²) in [6.07, 6.45) is -0.609. The van der Waals surface area contributed by atoms with Crippen LogP contribution in [0, 0.1) is 13.8 Å². The van der Waals surface area contributed by atoms with Gasteiger partial charge in [0, 0.05) is 18.1 Å². The molecule has 1 amide bonds. The maximum absolute atomic E-state index is 13.3. The van der Waals surface area contributed by atoms with E-state index >= 15 is 0 Å². The highest BCUT2D eigenvalue weighted by molar-refractivity contribution is 6.32. The fourth-order valence-electron chi connectivity index (χ4n) is 3.31. The minimum Gasteiger partial charge on any atom is -0.481 e. The molecule has 0 saturated heterocycles. The number of hydrogen-bond acceptors (Lipinski definition) is 2. The van der Waals surface area contributed by atoms with Gasteiger partial charge in [-0.2, -0.15) is 0 Å². The second-order valence-corrected chi connectivity index (χ2v) is 7.67. The zero-order valence-electron chi connectivity index (χ0n) is 17.1. The third-order valence-corrected chi connectivity index (χ3v) is 5.41. The van der Waals surface area contributed by atoms with Crippen LogP contribution in [0.3, 0.4) is 0 Å². The molecule has 150 valence electrons. The topological polar surface area (TPSA) is 29.5 Å². The van der Waals surface area contributed by atoms with Crippen molar-refractivity contribution in [2.24, 2.45) is 0 Å². The average Bonchev–Trinajstić information content (AvgIpc) is 2.72. The molecule has 3 rings (SSSR count). The van der Waals surface area contributed by atoms with Gasteiger partial charge in [0.2, 0.25) is 0 Å². The maximum atomic E-state index is 13.3. The molecule has 3 aromatic rings. The second-order valence-electron chi connectivity index (χ2n) is 7.30. The predicted octanol–water partition coefficient (Wildman–Crippen LogP) is 5.95. The summed E-state index contributed by atoms with van der Waals surface area (Å²) in [6, 6.07) is 23.8. The smallest absolute Gasteiger partial charge is 0.263 e. The van der Waals surface area contributed by atoms with Gasteiger partial charge in [-0.05, 0) is 55.2 Å². The molecule has 0 unspecified atom stereocenters. The van der Waals surface area contributed by atoms with E-state index in [9.17, 15) is 4.79 Å². The number of nitrogens with zero attached hydrogens (tertiary/aromatic N) is 1. The zero-order valence-corrected chi connectivity index (χ0v) is 17.8. The lowest BCUT2D eigenvalue weighted by atomic mass is 10.1. The molecule has 0 aliphatic rings. The highest BCUT2D eigenvalue weighted by Crippen LogP contribution is 2.27. The molecule has 0 aliphatic carbocycles. The van der Waals surface area contributed by atoms with Crippen LogP contribution in [0.15, 0.2) is 72.8 Å². The van der Waals surface area contributed by atoms with E-state index in [-0.39, 0.29) is 5.91 Å². The van der Waals surface area contributed by atoms with Gasteiger partial charge in [-0.1, -0.05) is 72.3 Å². The lowest BCUT2D eigenvalue weighted by Gasteiger charge is -2.27. The summed E-state index contributed by atoms with van der Waals surface area (Å²) >= 11 is 6.25. The van der Waals surface area contributed by atoms with Gasteiger partial charge in [-0.15, -0.1) is 0 Å². The Morgan fingerprint density at radius 3 is 1.79 bits per heavy atom. The summed E-state index contributed by atoms with van der Waals surface area (Å²) < 4.78 is 6.00. The minimum absolute atomic E-state index is 0.0528. The van der Waals surface area contributed by atoms with Crippen LogP contribution in [0.5, 0.6) is 5.75 Å². The van der Waals surface area contributed by atoms with Crippen LogP contribution in [0.2, 0.25) is 5.02 Å². The van der Waals surface area contributed by atoms with Crippen molar-refractivity contribution >= 4 is 17.5 Å². The van der Waals surface area contributed by atoms with Gasteiger partial charge >= 0.3 is 0 Å². The first kappa shape index (κ1) is 20.9. The van der Waals surface area contributed by atoms with Crippen LogP contribution in [-0.4, -0.2) is 16.9 Å². The van der Waals surface area contributed by atoms with E-state index in [4.69, 9.17) is 16.3 Å². The number of carbonyl (C=O) groups excluding carboxylic acids is 1. The molecule has 0 aliphatic heterocycles. The third-order valence-electron chi connectivity index (χ3n) is 4.81. The minimum atomic E-state index is -0.609. The number of carbonyl (C=O) groups is 1. The highest BCUT2D eigenvalue weighted by atomic mass is 35.5. The molecular weight excluding hydrogens is 382 g/mol. The number of halogens is 1. The van der Waals surface area contributed by atoms with E-state index in [1.165, 1.54) is 0 Å². The molecule has 0 radical (unpaired) electrons. The first-order valence-corrected chi connectivity index (χ1v) is 10.1. The van der Waals surface area contributed by atoms with Gasteiger partial charge in [-0.25, -0.2) is 0 Å². The normalized spacial score (nSPS) is 11.7. The molecule has 3 aromatic carbocycles. The molecule has 0 spiro atoms. The molecule has 1 atom stereocenters. The Labute approximate surface area is 177 Å². The Hall–Kier alpha value is -2.78. The molecular formula is C25H26ClNO2. The third kappa shape index (κ3) is 5.61. The molecule has 0 aromatic heterocycles. The standard InChI is InChI=1S/C25H26ClNO2/c1-18-14-23(15-19(2)24(18)26)29-20(3)25(28)27(16-21-10-6-4-7-11-21)17-22-12-8-5-9-13-22/h4-15,20H,16-17H2,1-3H3/t20-/m0/s1.